The van der Waals surface area contributed by atoms with Gasteiger partial charge in [0.05, 0.1) is 28.9 Å². The molecule has 0 unspecified atom stereocenters. The molecule has 4 fully saturated rings. The summed E-state index contributed by atoms with van der Waals surface area (Å²) in [5.74, 6) is -1.97. The van der Waals surface area contributed by atoms with Gasteiger partial charge in [0.2, 0.25) is 0 Å². The number of nitrogens with zero attached hydrogens (tertiary/aromatic N) is 6. The van der Waals surface area contributed by atoms with Crippen LogP contribution in [0.25, 0.3) is 21.7 Å². The lowest BCUT2D eigenvalue weighted by atomic mass is 9.96. The van der Waals surface area contributed by atoms with E-state index in [0.717, 1.165) is 41.0 Å². The Kier molecular flexibility index (Phi) is 9.75. The van der Waals surface area contributed by atoms with E-state index in [1.807, 2.05) is 19.1 Å². The largest absolute Gasteiger partial charge is 0.399 e. The fourth-order valence-corrected chi connectivity index (χ4v) is 9.80. The number of halogens is 2. The van der Waals surface area contributed by atoms with E-state index in [9.17, 15) is 47.2 Å². The van der Waals surface area contributed by atoms with Gasteiger partial charge in [0.1, 0.15) is 10.9 Å². The molecule has 4 atom stereocenters. The van der Waals surface area contributed by atoms with Gasteiger partial charge in [-0.05, 0) is 91.8 Å². The summed E-state index contributed by atoms with van der Waals surface area (Å²) in [7, 11) is -4.20. The van der Waals surface area contributed by atoms with Crippen molar-refractivity contribution in [2.45, 2.75) is 80.8 Å². The molecule has 61 heavy (non-hydrogen) atoms. The van der Waals surface area contributed by atoms with Crippen LogP contribution in [-0.4, -0.2) is 100 Å². The number of aryl methyl sites for hydroxylation is 2. The van der Waals surface area contributed by atoms with Gasteiger partial charge in [0, 0.05) is 55.4 Å². The zero-order valence-electron chi connectivity index (χ0n) is 33.2. The minimum absolute atomic E-state index is 0.0377. The van der Waals surface area contributed by atoms with E-state index in [1.165, 1.54) is 38.6 Å². The SMILES string of the molecule is Cc1ccc2onc(C(=O)N3CC[C@H]4CC[C@@H]([N+](=O)N5C[C@H](c6ccn(C)c(=O)c6)CC56CC6)N4C(=O)[C@@H](NC(=O)c4ccc5ccc(C(F)(F)P(=O)(O)O)cc5c4)C3)c2c1. The monoisotopic (exact) mass is 858 g/mol. The van der Waals surface area contributed by atoms with Crippen molar-refractivity contribution in [2.75, 3.05) is 19.6 Å². The molecule has 1 saturated carbocycles. The molecule has 0 bridgehead atoms. The lowest BCUT2D eigenvalue weighted by Gasteiger charge is -2.37. The molecule has 0 radical (unpaired) electrons. The molecule has 3 aromatic carbocycles. The number of hydrazine groups is 1. The van der Waals surface area contributed by atoms with Crippen molar-refractivity contribution < 1.29 is 46.9 Å². The molecule has 9 rings (SSSR count). The summed E-state index contributed by atoms with van der Waals surface area (Å²) in [6.07, 6.45) is 4.16. The smallest absolute Gasteiger partial charge is 0.355 e. The number of hydrogen-bond donors (Lipinski definition) is 3. The maximum absolute atomic E-state index is 14.9. The first kappa shape index (κ1) is 40.6. The molecule has 3 N–H and O–H groups in total. The summed E-state index contributed by atoms with van der Waals surface area (Å²) >= 11 is 0. The Labute approximate surface area is 346 Å². The van der Waals surface area contributed by atoms with Crippen LogP contribution in [0.4, 0.5) is 8.78 Å². The quantitative estimate of drug-likeness (QED) is 0.142. The average Bonchev–Trinajstić information content (AvgIpc) is 3.50. The minimum Gasteiger partial charge on any atom is -0.355 e. The van der Waals surface area contributed by atoms with E-state index in [2.05, 4.69) is 10.5 Å². The number of hydrogen-bond acceptors (Lipinski definition) is 8. The molecule has 1 aliphatic carbocycles. The Bertz CT molecular complexity index is 2770. The number of carbonyl (C=O) groups is 3. The van der Waals surface area contributed by atoms with E-state index >= 15 is 0 Å². The Morgan fingerprint density at radius 3 is 2.49 bits per heavy atom. The van der Waals surface area contributed by atoms with Gasteiger partial charge in [-0.25, -0.2) is 0 Å². The van der Waals surface area contributed by atoms with Gasteiger partial charge in [-0.15, -0.1) is 5.01 Å². The van der Waals surface area contributed by atoms with Crippen molar-refractivity contribution in [3.05, 3.63) is 116 Å². The molecule has 5 heterocycles. The molecule has 2 aromatic heterocycles. The van der Waals surface area contributed by atoms with Crippen LogP contribution in [0.1, 0.15) is 82.0 Å². The van der Waals surface area contributed by atoms with E-state index in [-0.39, 0.29) is 41.2 Å². The highest BCUT2D eigenvalue weighted by Gasteiger charge is 2.64. The lowest BCUT2D eigenvalue weighted by molar-refractivity contribution is -0.752. The van der Waals surface area contributed by atoms with Gasteiger partial charge in [0.25, 0.3) is 23.3 Å². The molecule has 3 saturated heterocycles. The summed E-state index contributed by atoms with van der Waals surface area (Å²) in [6, 6.07) is 14.2. The number of aromatic nitrogens is 2. The van der Waals surface area contributed by atoms with Crippen LogP contribution in [0.5, 0.6) is 0 Å². The van der Waals surface area contributed by atoms with Crippen LogP contribution < -0.4 is 10.9 Å². The lowest BCUT2D eigenvalue weighted by Crippen LogP contribution is -2.62. The normalized spacial score (nSPS) is 22.7. The third kappa shape index (κ3) is 7.09. The van der Waals surface area contributed by atoms with Gasteiger partial charge < -0.3 is 29.1 Å². The van der Waals surface area contributed by atoms with Crippen LogP contribution >= 0.6 is 7.60 Å². The third-order valence-electron chi connectivity index (χ3n) is 12.9. The van der Waals surface area contributed by atoms with Gasteiger partial charge in [-0.2, -0.15) is 8.78 Å². The molecule has 3 aliphatic heterocycles. The summed E-state index contributed by atoms with van der Waals surface area (Å²) in [6.45, 7) is 2.07. The van der Waals surface area contributed by atoms with E-state index < -0.39 is 60.3 Å². The second-order valence-electron chi connectivity index (χ2n) is 16.8. The Balaban J connectivity index is 1.03. The van der Waals surface area contributed by atoms with Gasteiger partial charge in [-0.3, -0.25) is 28.6 Å². The average molecular weight is 859 g/mol. The highest BCUT2D eigenvalue weighted by atomic mass is 31.2. The van der Waals surface area contributed by atoms with Gasteiger partial charge in [-0.1, -0.05) is 35.0 Å². The highest BCUT2D eigenvalue weighted by molar-refractivity contribution is 7.52. The zero-order valence-corrected chi connectivity index (χ0v) is 34.1. The van der Waals surface area contributed by atoms with Crippen LogP contribution in [0.3, 0.4) is 0 Å². The number of benzene rings is 3. The van der Waals surface area contributed by atoms with Crippen LogP contribution in [0.15, 0.2) is 82.2 Å². The Morgan fingerprint density at radius 1 is 0.984 bits per heavy atom. The predicted octanol–water partition coefficient (Wildman–Crippen LogP) is 4.89. The standard InChI is InChI=1S/C42H42F2N7O9P/c1-24-3-9-34-32(17-24)37(46-60-34)40(55)48-16-12-31-8-10-35(51(56)49-22-29(21-41(49)13-14-41)26-11-15-47(2)36(52)20-26)50(31)39(54)33(23-48)45-38(53)27-5-4-25-6-7-30(19-28(25)18-27)42(43,44)61(57,58)59/h3-7,9,11,15,17-20,29,31,33,35H,8,10,12-14,16,21-23H2,1-2H3,(H2-,45,53,57,58,59)/p+1/t29-,31-,33+,35-/m1/s1. The van der Waals surface area contributed by atoms with Gasteiger partial charge >= 0.3 is 19.4 Å². The number of fused-ring (bicyclic) bond motifs is 3. The predicted molar refractivity (Wildman–Crippen MR) is 215 cm³/mol. The summed E-state index contributed by atoms with van der Waals surface area (Å²) in [5.41, 5.74) is -3.88. The number of rotatable bonds is 8. The van der Waals surface area contributed by atoms with Crippen molar-refractivity contribution in [3.63, 3.8) is 0 Å². The molecule has 1 spiro atoms. The van der Waals surface area contributed by atoms with Crippen molar-refractivity contribution >= 4 is 47.1 Å². The number of alkyl halides is 2. The Morgan fingerprint density at radius 2 is 1.75 bits per heavy atom. The zero-order chi connectivity index (χ0) is 43.2. The molecular weight excluding hydrogens is 815 g/mol. The first-order valence-electron chi connectivity index (χ1n) is 20.1. The maximum atomic E-state index is 14.9. The second-order valence-corrected chi connectivity index (χ2v) is 18.5. The Hall–Kier alpha value is -5.84. The number of amides is 3. The summed E-state index contributed by atoms with van der Waals surface area (Å²) in [5, 5.41) is 9.60. The molecule has 19 heteroatoms. The highest BCUT2D eigenvalue weighted by Crippen LogP contribution is 2.59. The van der Waals surface area contributed by atoms with E-state index in [0.29, 0.717) is 48.6 Å². The number of nitrogens with one attached hydrogen (secondary N) is 1. The summed E-state index contributed by atoms with van der Waals surface area (Å²) in [4.78, 5) is 93.0. The third-order valence-corrected chi connectivity index (χ3v) is 13.9. The number of nitroso groups, excluding NO2 is 1. The van der Waals surface area contributed by atoms with Crippen LogP contribution in [0.2, 0.25) is 0 Å². The van der Waals surface area contributed by atoms with Crippen molar-refractivity contribution in [2.24, 2.45) is 7.05 Å². The molecule has 5 aromatic rings. The fourth-order valence-electron chi connectivity index (χ4n) is 9.33. The fraction of sp³-hybridized carbons (Fsp3) is 0.405. The van der Waals surface area contributed by atoms with E-state index in [1.54, 1.807) is 36.5 Å². The molecule has 4 aliphatic rings. The van der Waals surface area contributed by atoms with Crippen molar-refractivity contribution in [3.8, 4) is 0 Å². The topological polar surface area (TPSA) is 199 Å². The first-order chi connectivity index (χ1) is 28.9. The molecule has 3 amide bonds. The van der Waals surface area contributed by atoms with Crippen LogP contribution in [-0.2, 0) is 22.1 Å². The second kappa shape index (κ2) is 14.7. The summed E-state index contributed by atoms with van der Waals surface area (Å²) < 4.78 is 47.9. The van der Waals surface area contributed by atoms with Crippen molar-refractivity contribution in [1.29, 1.82) is 0 Å². The molecular formula is C42H43F2N7O9P+. The van der Waals surface area contributed by atoms with E-state index in [4.69, 9.17) is 4.52 Å². The minimum atomic E-state index is -5.88. The maximum Gasteiger partial charge on any atom is 0.399 e. The van der Waals surface area contributed by atoms with Crippen molar-refractivity contribution in [1.82, 2.24) is 29.8 Å². The number of carbonyl (C=O) groups excluding carboxylic acids is 3. The van der Waals surface area contributed by atoms with Crippen LogP contribution in [0, 0.1) is 11.8 Å². The van der Waals surface area contributed by atoms with Gasteiger partial charge in [0.15, 0.2) is 11.3 Å². The number of pyridine rings is 1. The molecule has 318 valence electrons. The molecule has 16 nitrogen and oxygen atoms in total. The first-order valence-corrected chi connectivity index (χ1v) is 21.7.